The Morgan fingerprint density at radius 1 is 1.15 bits per heavy atom. The number of rotatable bonds is 7. The molecule has 0 unspecified atom stereocenters. The smallest absolute Gasteiger partial charge is 0.357 e. The number of ether oxygens (including phenoxy) is 2. The highest BCUT2D eigenvalue weighted by molar-refractivity contribution is 5.85. The molecule has 0 saturated carbocycles. The van der Waals surface area contributed by atoms with Crippen LogP contribution in [0.4, 0.5) is 14.6 Å². The normalized spacial score (nSPS) is 15.0. The summed E-state index contributed by atoms with van der Waals surface area (Å²) in [7, 11) is 0. The minimum atomic E-state index is -0.478. The highest BCUT2D eigenvalue weighted by atomic mass is 19.1. The van der Waals surface area contributed by atoms with Crippen LogP contribution in [0.15, 0.2) is 48.8 Å². The number of benzene rings is 2. The van der Waals surface area contributed by atoms with Crippen LogP contribution in [0.5, 0.6) is 11.5 Å². The minimum Gasteiger partial charge on any atom is -0.475 e. The maximum absolute atomic E-state index is 14.6. The Balaban J connectivity index is 1.38. The first-order valence-electron chi connectivity index (χ1n) is 12.1. The van der Waals surface area contributed by atoms with Crippen LogP contribution < -0.4 is 14.4 Å². The molecule has 0 aliphatic carbocycles. The molecule has 3 aromatic heterocycles. The fourth-order valence-electron chi connectivity index (χ4n) is 4.90. The summed E-state index contributed by atoms with van der Waals surface area (Å²) in [5, 5.41) is 13.3. The summed E-state index contributed by atoms with van der Waals surface area (Å²) in [5.74, 6) is 0.804. The molecule has 5 aromatic rings. The van der Waals surface area contributed by atoms with Crippen molar-refractivity contribution in [2.75, 3.05) is 24.8 Å². The predicted octanol–water partition coefficient (Wildman–Crippen LogP) is 5.05. The molecule has 2 aromatic carbocycles. The van der Waals surface area contributed by atoms with Gasteiger partial charge >= 0.3 is 6.73 Å². The van der Waals surface area contributed by atoms with E-state index in [1.807, 2.05) is 11.0 Å². The second-order valence-electron chi connectivity index (χ2n) is 8.91. The van der Waals surface area contributed by atoms with E-state index in [2.05, 4.69) is 19.9 Å². The molecule has 39 heavy (non-hydrogen) atoms. The average molecular weight is 527 g/mol. The number of nitriles is 1. The van der Waals surface area contributed by atoms with Gasteiger partial charge in [-0.05, 0) is 37.1 Å². The molecule has 6 rings (SSSR count). The highest BCUT2D eigenvalue weighted by Gasteiger charge is 2.30. The zero-order valence-electron chi connectivity index (χ0n) is 20.4. The Hall–Kier alpha value is -5.23. The molecule has 0 radical (unpaired) electrons. The van der Waals surface area contributed by atoms with Gasteiger partial charge in [-0.15, -0.1) is 0 Å². The van der Waals surface area contributed by atoms with Crippen LogP contribution in [0.2, 0.25) is 0 Å². The van der Waals surface area contributed by atoms with Crippen LogP contribution in [-0.4, -0.2) is 44.4 Å². The van der Waals surface area contributed by atoms with E-state index in [0.717, 1.165) is 18.6 Å². The molecular weight excluding hydrogens is 506 g/mol. The lowest BCUT2D eigenvalue weighted by Crippen LogP contribution is -2.24. The molecule has 1 atom stereocenters. The van der Waals surface area contributed by atoms with Crippen molar-refractivity contribution in [1.29, 1.82) is 5.26 Å². The van der Waals surface area contributed by atoms with Gasteiger partial charge in [0.15, 0.2) is 23.8 Å². The van der Waals surface area contributed by atoms with E-state index in [0.29, 0.717) is 63.9 Å². The largest absolute Gasteiger partial charge is 0.475 e. The summed E-state index contributed by atoms with van der Waals surface area (Å²) in [6, 6.07) is 10.2. The average Bonchev–Trinajstić information content (AvgIpc) is 3.69. The van der Waals surface area contributed by atoms with E-state index in [1.165, 1.54) is 6.07 Å². The van der Waals surface area contributed by atoms with E-state index in [4.69, 9.17) is 26.3 Å². The van der Waals surface area contributed by atoms with E-state index >= 15 is 0 Å². The van der Waals surface area contributed by atoms with E-state index in [9.17, 15) is 8.78 Å². The molecule has 0 bridgehead atoms. The number of hydrogen-bond acceptors (Lipinski definition) is 7. The van der Waals surface area contributed by atoms with E-state index in [-0.39, 0.29) is 19.4 Å². The number of H-pyrrole nitrogens is 1. The van der Waals surface area contributed by atoms with Crippen LogP contribution in [0.1, 0.15) is 24.4 Å². The minimum absolute atomic E-state index is 0.182. The summed E-state index contributed by atoms with van der Waals surface area (Å²) in [6.07, 6.45) is 4.90. The molecule has 194 valence electrons. The number of aromatic nitrogens is 5. The van der Waals surface area contributed by atoms with Gasteiger partial charge in [0, 0.05) is 30.4 Å². The van der Waals surface area contributed by atoms with Crippen LogP contribution in [0, 0.1) is 29.5 Å². The van der Waals surface area contributed by atoms with Gasteiger partial charge in [-0.1, -0.05) is 0 Å². The molecule has 0 amide bonds. The number of anilines is 1. The Bertz CT molecular complexity index is 1730. The summed E-state index contributed by atoms with van der Waals surface area (Å²) in [5.41, 5.74) is 2.66. The maximum Gasteiger partial charge on any atom is 0.357 e. The van der Waals surface area contributed by atoms with Crippen LogP contribution in [0.3, 0.4) is 0 Å². The van der Waals surface area contributed by atoms with Crippen molar-refractivity contribution in [3.8, 4) is 29.0 Å². The number of aromatic amines is 1. The number of fused-ring (bicyclic) bond motifs is 2. The molecule has 12 heteroatoms. The summed E-state index contributed by atoms with van der Waals surface area (Å²) in [4.78, 5) is 17.9. The molecular formula is C27H20F2N8O2. The van der Waals surface area contributed by atoms with E-state index < -0.39 is 11.6 Å². The predicted molar refractivity (Wildman–Crippen MR) is 137 cm³/mol. The Labute approximate surface area is 220 Å². The number of nitrogens with zero attached hydrogens (tertiary/aromatic N) is 7. The van der Waals surface area contributed by atoms with Crippen molar-refractivity contribution in [1.82, 2.24) is 24.6 Å². The zero-order valence-corrected chi connectivity index (χ0v) is 20.4. The molecule has 10 nitrogen and oxygen atoms in total. The van der Waals surface area contributed by atoms with Gasteiger partial charge in [-0.25, -0.2) is 29.8 Å². The Morgan fingerprint density at radius 2 is 2.03 bits per heavy atom. The van der Waals surface area contributed by atoms with Gasteiger partial charge in [0.05, 0.1) is 28.8 Å². The molecule has 4 heterocycles. The standard InChI is InChI=1S/C27H20F2N8O2/c1-31-15-39-24-13-21-20(12-23(24)38-10-7-30)33-26(34-21)18-14-32-37-9-6-25(35-27(18)37)36-8-2-3-22(36)17-11-16(28)4-5-19(17)29/h4-6,9,11-14,22H,2-3,8,10,15H2,(H,33,34)/t22-/m1/s1. The number of halogens is 2. The van der Waals surface area contributed by atoms with E-state index in [1.54, 1.807) is 35.1 Å². The third-order valence-electron chi connectivity index (χ3n) is 6.60. The van der Waals surface area contributed by atoms with Gasteiger partial charge in [-0.2, -0.15) is 10.4 Å². The summed E-state index contributed by atoms with van der Waals surface area (Å²) >= 11 is 0. The lowest BCUT2D eigenvalue weighted by atomic mass is 10.0. The van der Waals surface area contributed by atoms with Crippen molar-refractivity contribution >= 4 is 22.5 Å². The number of hydrogen-bond donors (Lipinski definition) is 1. The topological polar surface area (TPSA) is 109 Å². The lowest BCUT2D eigenvalue weighted by molar-refractivity contribution is 0.310. The summed E-state index contributed by atoms with van der Waals surface area (Å²) < 4.78 is 41.1. The molecule has 1 aliphatic heterocycles. The first-order valence-corrected chi connectivity index (χ1v) is 12.1. The van der Waals surface area contributed by atoms with Crippen LogP contribution in [0.25, 0.3) is 32.9 Å². The maximum atomic E-state index is 14.6. The van der Waals surface area contributed by atoms with Crippen molar-refractivity contribution in [2.45, 2.75) is 18.9 Å². The van der Waals surface area contributed by atoms with Gasteiger partial charge in [0.25, 0.3) is 0 Å². The lowest BCUT2D eigenvalue weighted by Gasteiger charge is -2.26. The highest BCUT2D eigenvalue weighted by Crippen LogP contribution is 2.38. The molecule has 1 N–H and O–H groups in total. The third kappa shape index (κ3) is 4.42. The van der Waals surface area contributed by atoms with Gasteiger partial charge in [0.1, 0.15) is 29.3 Å². The fraction of sp³-hybridized carbons (Fsp3) is 0.222. The molecule has 1 fully saturated rings. The van der Waals surface area contributed by atoms with Crippen LogP contribution >= 0.6 is 0 Å². The van der Waals surface area contributed by atoms with Crippen LogP contribution in [-0.2, 0) is 0 Å². The monoisotopic (exact) mass is 526 g/mol. The van der Waals surface area contributed by atoms with Crippen molar-refractivity contribution < 1.29 is 18.3 Å². The second-order valence-corrected chi connectivity index (χ2v) is 8.91. The molecule has 1 aliphatic rings. The number of imidazole rings is 1. The van der Waals surface area contributed by atoms with Gasteiger partial charge < -0.3 is 19.4 Å². The Kier molecular flexibility index (Phi) is 6.13. The first-order chi connectivity index (χ1) is 19.1. The molecule has 0 spiro atoms. The summed E-state index contributed by atoms with van der Waals surface area (Å²) in [6.45, 7) is 7.25. The third-order valence-corrected chi connectivity index (χ3v) is 6.60. The molecule has 1 saturated heterocycles. The quantitative estimate of drug-likeness (QED) is 0.296. The SMILES string of the molecule is [C-]#[N+]COc1cc2nc(-c3cnn4ccc(N5CCC[C@@H]5c5cc(F)ccc5F)nc34)[nH]c2cc1OCC#N. The van der Waals surface area contributed by atoms with Crippen molar-refractivity contribution in [3.63, 3.8) is 0 Å². The zero-order chi connectivity index (χ0) is 26.9. The second kappa shape index (κ2) is 9.91. The number of nitrogens with one attached hydrogen (secondary N) is 1. The van der Waals surface area contributed by atoms with Gasteiger partial charge in [-0.3, -0.25) is 4.85 Å². The van der Waals surface area contributed by atoms with Crippen molar-refractivity contribution in [3.05, 3.63) is 77.4 Å². The Morgan fingerprint density at radius 3 is 2.87 bits per heavy atom. The van der Waals surface area contributed by atoms with Crippen molar-refractivity contribution in [2.24, 2.45) is 0 Å². The van der Waals surface area contributed by atoms with Gasteiger partial charge in [0.2, 0.25) is 0 Å². The first kappa shape index (κ1) is 24.1. The fourth-order valence-corrected chi connectivity index (χ4v) is 4.90.